The van der Waals surface area contributed by atoms with Crippen molar-refractivity contribution in [1.82, 2.24) is 5.32 Å². The van der Waals surface area contributed by atoms with Crippen molar-refractivity contribution in [1.29, 1.82) is 5.26 Å². The van der Waals surface area contributed by atoms with E-state index < -0.39 is 5.54 Å². The summed E-state index contributed by atoms with van der Waals surface area (Å²) in [6, 6.07) is 2.48. The summed E-state index contributed by atoms with van der Waals surface area (Å²) in [6.45, 7) is 7.92. The molecule has 5 heteroatoms. The van der Waals surface area contributed by atoms with E-state index in [0.717, 1.165) is 32.2 Å². The van der Waals surface area contributed by atoms with Crippen LogP contribution in [0.1, 0.15) is 46.5 Å². The van der Waals surface area contributed by atoms with Gasteiger partial charge in [0.25, 0.3) is 0 Å². The Hall–Kier alpha value is -1.24. The quantitative estimate of drug-likeness (QED) is 0.350. The molecule has 0 bridgehead atoms. The van der Waals surface area contributed by atoms with Gasteiger partial charge < -0.3 is 0 Å². The maximum atomic E-state index is 9.49. The zero-order valence-corrected chi connectivity index (χ0v) is 11.6. The Bertz CT molecular complexity index is 364. The first kappa shape index (κ1) is 14.8. The maximum Gasteiger partial charge on any atom is 0.109 e. The van der Waals surface area contributed by atoms with Crippen LogP contribution in [0.25, 0.3) is 10.4 Å². The lowest BCUT2D eigenvalue weighted by molar-refractivity contribution is 0.110. The summed E-state index contributed by atoms with van der Waals surface area (Å²) in [5.41, 5.74) is 8.14. The Morgan fingerprint density at radius 1 is 1.50 bits per heavy atom. The maximum absolute atomic E-state index is 9.49. The first-order valence-corrected chi connectivity index (χ1v) is 6.63. The van der Waals surface area contributed by atoms with Crippen LogP contribution in [0.4, 0.5) is 0 Å². The number of rotatable bonds is 5. The van der Waals surface area contributed by atoms with E-state index in [0.29, 0.717) is 17.9 Å². The predicted octanol–water partition coefficient (Wildman–Crippen LogP) is 3.38. The molecule has 1 aliphatic rings. The van der Waals surface area contributed by atoms with Crippen LogP contribution in [0.2, 0.25) is 0 Å². The molecule has 18 heavy (non-hydrogen) atoms. The lowest BCUT2D eigenvalue weighted by atomic mass is 9.64. The largest absolute Gasteiger partial charge is 0.299 e. The van der Waals surface area contributed by atoms with E-state index in [2.05, 4.69) is 42.2 Å². The molecule has 1 aliphatic carbocycles. The molecule has 0 saturated heterocycles. The lowest BCUT2D eigenvalue weighted by Gasteiger charge is -2.45. The van der Waals surface area contributed by atoms with Crippen molar-refractivity contribution < 1.29 is 0 Å². The molecule has 2 unspecified atom stereocenters. The molecule has 100 valence electrons. The fourth-order valence-corrected chi connectivity index (χ4v) is 2.86. The van der Waals surface area contributed by atoms with Gasteiger partial charge in [-0.2, -0.15) is 5.26 Å². The topological polar surface area (TPSA) is 84.6 Å². The van der Waals surface area contributed by atoms with Crippen LogP contribution < -0.4 is 5.32 Å². The van der Waals surface area contributed by atoms with Crippen LogP contribution in [0.5, 0.6) is 0 Å². The highest BCUT2D eigenvalue weighted by atomic mass is 15.1. The Balaban J connectivity index is 2.53. The highest BCUT2D eigenvalue weighted by Crippen LogP contribution is 2.43. The summed E-state index contributed by atoms with van der Waals surface area (Å²) in [7, 11) is 0. The van der Waals surface area contributed by atoms with Gasteiger partial charge in [-0.3, -0.25) is 5.32 Å². The van der Waals surface area contributed by atoms with E-state index in [1.54, 1.807) is 0 Å². The fraction of sp³-hybridized carbons (Fsp3) is 0.923. The van der Waals surface area contributed by atoms with Crippen LogP contribution in [0, 0.1) is 22.7 Å². The Morgan fingerprint density at radius 2 is 2.22 bits per heavy atom. The van der Waals surface area contributed by atoms with Crippen LogP contribution in [0.15, 0.2) is 5.11 Å². The van der Waals surface area contributed by atoms with Crippen molar-refractivity contribution in [2.75, 3.05) is 13.1 Å². The third-order valence-electron chi connectivity index (χ3n) is 4.03. The molecule has 0 aromatic heterocycles. The highest BCUT2D eigenvalue weighted by molar-refractivity contribution is 5.13. The van der Waals surface area contributed by atoms with Crippen LogP contribution >= 0.6 is 0 Å². The molecule has 0 aliphatic heterocycles. The molecule has 2 atom stereocenters. The number of nitrogens with zero attached hydrogens (tertiary/aromatic N) is 4. The second-order valence-electron chi connectivity index (χ2n) is 6.09. The van der Waals surface area contributed by atoms with E-state index in [1.807, 2.05) is 0 Å². The van der Waals surface area contributed by atoms with Crippen molar-refractivity contribution in [3.05, 3.63) is 10.4 Å². The monoisotopic (exact) mass is 249 g/mol. The van der Waals surface area contributed by atoms with Gasteiger partial charge in [0.15, 0.2) is 0 Å². The normalized spacial score (nSPS) is 30.2. The predicted molar refractivity (Wildman–Crippen MR) is 71.8 cm³/mol. The van der Waals surface area contributed by atoms with Crippen LogP contribution in [-0.4, -0.2) is 18.6 Å². The second kappa shape index (κ2) is 6.08. The van der Waals surface area contributed by atoms with Gasteiger partial charge in [0, 0.05) is 11.5 Å². The van der Waals surface area contributed by atoms with Gasteiger partial charge >= 0.3 is 0 Å². The number of hydrogen-bond acceptors (Lipinski definition) is 3. The van der Waals surface area contributed by atoms with Crippen molar-refractivity contribution in [2.45, 2.75) is 52.0 Å². The molecular weight excluding hydrogens is 226 g/mol. The van der Waals surface area contributed by atoms with Crippen LogP contribution in [-0.2, 0) is 0 Å². The minimum atomic E-state index is -0.397. The van der Waals surface area contributed by atoms with E-state index >= 15 is 0 Å². The molecular formula is C13H23N5. The van der Waals surface area contributed by atoms with Gasteiger partial charge in [0.05, 0.1) is 6.07 Å². The Morgan fingerprint density at radius 3 is 2.78 bits per heavy atom. The first-order chi connectivity index (χ1) is 8.46. The van der Waals surface area contributed by atoms with Gasteiger partial charge in [-0.15, -0.1) is 0 Å². The minimum absolute atomic E-state index is 0.340. The van der Waals surface area contributed by atoms with E-state index in [1.165, 1.54) is 0 Å². The Labute approximate surface area is 109 Å². The van der Waals surface area contributed by atoms with Crippen molar-refractivity contribution >= 4 is 0 Å². The van der Waals surface area contributed by atoms with Crippen molar-refractivity contribution in [3.8, 4) is 6.07 Å². The SMILES string of the molecule is CC1CC(C)(C)CCC1(C#N)NCCCN=[N+]=[N-]. The third kappa shape index (κ3) is 3.63. The number of hydrogen-bond donors (Lipinski definition) is 1. The summed E-state index contributed by atoms with van der Waals surface area (Å²) < 4.78 is 0. The third-order valence-corrected chi connectivity index (χ3v) is 4.03. The lowest BCUT2D eigenvalue weighted by Crippen LogP contribution is -2.54. The van der Waals surface area contributed by atoms with Gasteiger partial charge in [-0.25, -0.2) is 0 Å². The average molecular weight is 249 g/mol. The first-order valence-electron chi connectivity index (χ1n) is 6.63. The summed E-state index contributed by atoms with van der Waals surface area (Å²) in [5.74, 6) is 0.353. The van der Waals surface area contributed by atoms with Crippen molar-refractivity contribution in [2.24, 2.45) is 16.4 Å². The number of nitriles is 1. The molecule has 1 fully saturated rings. The smallest absolute Gasteiger partial charge is 0.109 e. The van der Waals surface area contributed by atoms with E-state index in [9.17, 15) is 5.26 Å². The second-order valence-corrected chi connectivity index (χ2v) is 6.09. The minimum Gasteiger partial charge on any atom is -0.299 e. The highest BCUT2D eigenvalue weighted by Gasteiger charge is 2.43. The number of azide groups is 1. The molecule has 1 saturated carbocycles. The fourth-order valence-electron chi connectivity index (χ4n) is 2.86. The standard InChI is InChI=1S/C13H23N5/c1-11-9-12(2,3)5-6-13(11,10-14)16-7-4-8-17-18-15/h11,16H,4-9H2,1-3H3. The molecule has 0 aromatic carbocycles. The van der Waals surface area contributed by atoms with Crippen LogP contribution in [0.3, 0.4) is 0 Å². The zero-order valence-electron chi connectivity index (χ0n) is 11.6. The van der Waals surface area contributed by atoms with E-state index in [4.69, 9.17) is 5.53 Å². The van der Waals surface area contributed by atoms with Gasteiger partial charge in [-0.1, -0.05) is 25.9 Å². The summed E-state index contributed by atoms with van der Waals surface area (Å²) >= 11 is 0. The molecule has 0 aromatic rings. The zero-order chi connectivity index (χ0) is 13.6. The van der Waals surface area contributed by atoms with Gasteiger partial charge in [0.1, 0.15) is 5.54 Å². The van der Waals surface area contributed by atoms with Gasteiger partial charge in [0.2, 0.25) is 0 Å². The molecule has 0 amide bonds. The van der Waals surface area contributed by atoms with E-state index in [-0.39, 0.29) is 0 Å². The molecule has 0 spiro atoms. The average Bonchev–Trinajstić information content (AvgIpc) is 2.31. The molecule has 1 rings (SSSR count). The van der Waals surface area contributed by atoms with Gasteiger partial charge in [-0.05, 0) is 49.1 Å². The molecule has 0 radical (unpaired) electrons. The Kier molecular flexibility index (Phi) is 5.01. The summed E-state index contributed by atoms with van der Waals surface area (Å²) in [6.07, 6.45) is 3.83. The molecule has 0 heterocycles. The summed E-state index contributed by atoms with van der Waals surface area (Å²) in [5, 5.41) is 16.4. The summed E-state index contributed by atoms with van der Waals surface area (Å²) in [4.78, 5) is 2.72. The molecule has 5 nitrogen and oxygen atoms in total. The number of nitrogens with one attached hydrogen (secondary N) is 1. The molecule has 1 N–H and O–H groups in total. The van der Waals surface area contributed by atoms with Crippen molar-refractivity contribution in [3.63, 3.8) is 0 Å².